The number of hydrogen-bond acceptors (Lipinski definition) is 2. The van der Waals surface area contributed by atoms with Gasteiger partial charge in [0.25, 0.3) is 0 Å². The monoisotopic (exact) mass is 298 g/mol. The third kappa shape index (κ3) is 1.98. The van der Waals surface area contributed by atoms with Crippen molar-refractivity contribution >= 4 is 46.2 Å². The minimum absolute atomic E-state index is 0.107. The average molecular weight is 299 g/mol. The van der Waals surface area contributed by atoms with Crippen LogP contribution in [0.1, 0.15) is 5.56 Å². The molecule has 3 rings (SSSR count). The zero-order valence-corrected chi connectivity index (χ0v) is 11.5. The smallest absolute Gasteiger partial charge is 0.178 e. The van der Waals surface area contributed by atoms with Gasteiger partial charge in [-0.3, -0.25) is 0 Å². The Labute approximate surface area is 117 Å². The normalized spacial score (nSPS) is 11.2. The lowest BCUT2D eigenvalue weighted by Crippen LogP contribution is -1.98. The summed E-state index contributed by atoms with van der Waals surface area (Å²) in [4.78, 5) is 2.99. The van der Waals surface area contributed by atoms with Crippen molar-refractivity contribution in [1.82, 2.24) is 9.55 Å². The number of aromatic amines is 1. The van der Waals surface area contributed by atoms with Crippen molar-refractivity contribution in [2.24, 2.45) is 0 Å². The zero-order valence-electron chi connectivity index (χ0n) is 9.11. The van der Waals surface area contributed by atoms with Crippen LogP contribution in [0.2, 0.25) is 5.02 Å². The Bertz CT molecular complexity index is 758. The van der Waals surface area contributed by atoms with Crippen molar-refractivity contribution in [3.8, 4) is 0 Å². The van der Waals surface area contributed by atoms with E-state index in [0.717, 1.165) is 11.1 Å². The Morgan fingerprint density at radius 1 is 1.44 bits per heavy atom. The van der Waals surface area contributed by atoms with Crippen LogP contribution in [-0.2, 0) is 6.54 Å². The van der Waals surface area contributed by atoms with Gasteiger partial charge in [-0.15, -0.1) is 0 Å². The van der Waals surface area contributed by atoms with Crippen molar-refractivity contribution in [3.05, 3.63) is 50.1 Å². The molecule has 0 unspecified atom stereocenters. The van der Waals surface area contributed by atoms with Crippen LogP contribution in [0.3, 0.4) is 0 Å². The number of H-pyrrole nitrogens is 1. The molecule has 92 valence electrons. The van der Waals surface area contributed by atoms with Gasteiger partial charge < -0.3 is 9.55 Å². The predicted molar refractivity (Wildman–Crippen MR) is 75.5 cm³/mol. The lowest BCUT2D eigenvalue weighted by Gasteiger charge is -2.03. The highest BCUT2D eigenvalue weighted by molar-refractivity contribution is 7.71. The molecule has 6 heteroatoms. The Hall–Kier alpha value is -1.17. The first-order chi connectivity index (χ1) is 8.65. The van der Waals surface area contributed by atoms with Crippen LogP contribution in [0.4, 0.5) is 4.39 Å². The van der Waals surface area contributed by atoms with Crippen molar-refractivity contribution in [2.75, 3.05) is 0 Å². The molecule has 0 saturated carbocycles. The highest BCUT2D eigenvalue weighted by Crippen LogP contribution is 2.23. The molecule has 0 aliphatic heterocycles. The van der Waals surface area contributed by atoms with Crippen LogP contribution in [0.25, 0.3) is 11.0 Å². The van der Waals surface area contributed by atoms with E-state index in [1.54, 1.807) is 17.4 Å². The number of benzene rings is 1. The molecule has 0 aliphatic rings. The van der Waals surface area contributed by atoms with Crippen LogP contribution < -0.4 is 0 Å². The second-order valence-corrected chi connectivity index (χ2v) is 5.51. The molecule has 2 heterocycles. The van der Waals surface area contributed by atoms with E-state index in [-0.39, 0.29) is 5.02 Å². The maximum absolute atomic E-state index is 13.4. The molecule has 1 N–H and O–H groups in total. The number of nitrogens with zero attached hydrogens (tertiary/aromatic N) is 1. The van der Waals surface area contributed by atoms with Gasteiger partial charge in [0.1, 0.15) is 5.82 Å². The SMILES string of the molecule is Fc1cc2[nH]c(=S)n(Cc3ccsc3)c2cc1Cl. The first kappa shape index (κ1) is 11.9. The minimum atomic E-state index is -0.442. The predicted octanol–water partition coefficient (Wildman–Crippen LogP) is 4.60. The molecule has 0 saturated heterocycles. The van der Waals surface area contributed by atoms with E-state index in [4.69, 9.17) is 23.8 Å². The molecule has 1 aromatic carbocycles. The summed E-state index contributed by atoms with van der Waals surface area (Å²) in [6, 6.07) is 5.01. The van der Waals surface area contributed by atoms with E-state index in [1.807, 2.05) is 16.0 Å². The Morgan fingerprint density at radius 3 is 3.00 bits per heavy atom. The molecule has 0 aliphatic carbocycles. The van der Waals surface area contributed by atoms with E-state index >= 15 is 0 Å². The second-order valence-electron chi connectivity index (χ2n) is 3.93. The molecular formula is C12H8ClFN2S2. The molecule has 3 aromatic rings. The number of imidazole rings is 1. The van der Waals surface area contributed by atoms with Gasteiger partial charge in [0.2, 0.25) is 0 Å². The summed E-state index contributed by atoms with van der Waals surface area (Å²) in [5.41, 5.74) is 2.65. The fraction of sp³-hybridized carbons (Fsp3) is 0.0833. The number of halogens is 2. The maximum Gasteiger partial charge on any atom is 0.178 e. The van der Waals surface area contributed by atoms with Gasteiger partial charge in [0.05, 0.1) is 22.6 Å². The number of nitrogens with one attached hydrogen (secondary N) is 1. The van der Waals surface area contributed by atoms with Crippen LogP contribution in [0.5, 0.6) is 0 Å². The second kappa shape index (κ2) is 4.50. The summed E-state index contributed by atoms with van der Waals surface area (Å²) >= 11 is 12.7. The molecule has 0 spiro atoms. The number of fused-ring (bicyclic) bond motifs is 1. The van der Waals surface area contributed by atoms with Crippen molar-refractivity contribution in [3.63, 3.8) is 0 Å². The van der Waals surface area contributed by atoms with Gasteiger partial charge >= 0.3 is 0 Å². The van der Waals surface area contributed by atoms with Gasteiger partial charge in [0, 0.05) is 6.07 Å². The van der Waals surface area contributed by atoms with Crippen LogP contribution in [0.15, 0.2) is 29.0 Å². The molecule has 0 radical (unpaired) electrons. The van der Waals surface area contributed by atoms with Gasteiger partial charge in [-0.2, -0.15) is 11.3 Å². The number of thiophene rings is 1. The molecule has 0 atom stereocenters. The third-order valence-corrected chi connectivity index (χ3v) is 4.08. The van der Waals surface area contributed by atoms with Crippen molar-refractivity contribution in [1.29, 1.82) is 0 Å². The summed E-state index contributed by atoms with van der Waals surface area (Å²) in [6.45, 7) is 0.657. The molecule has 0 bridgehead atoms. The van der Waals surface area contributed by atoms with Crippen LogP contribution >= 0.6 is 35.2 Å². The van der Waals surface area contributed by atoms with E-state index in [9.17, 15) is 4.39 Å². The largest absolute Gasteiger partial charge is 0.330 e. The first-order valence-corrected chi connectivity index (χ1v) is 6.96. The Balaban J connectivity index is 2.19. The summed E-state index contributed by atoms with van der Waals surface area (Å²) in [5.74, 6) is -0.442. The highest BCUT2D eigenvalue weighted by Gasteiger charge is 2.09. The van der Waals surface area contributed by atoms with E-state index in [2.05, 4.69) is 10.4 Å². The topological polar surface area (TPSA) is 20.7 Å². The van der Waals surface area contributed by atoms with E-state index in [1.165, 1.54) is 6.07 Å². The van der Waals surface area contributed by atoms with Crippen LogP contribution in [-0.4, -0.2) is 9.55 Å². The standard InChI is InChI=1S/C12H8ClFN2S2/c13-8-3-11-10(4-9(8)14)15-12(17)16(11)5-7-1-2-18-6-7/h1-4,6H,5H2,(H,15,17). The molecular weight excluding hydrogens is 291 g/mol. The average Bonchev–Trinajstić information content (AvgIpc) is 2.92. The molecule has 2 aromatic heterocycles. The highest BCUT2D eigenvalue weighted by atomic mass is 35.5. The fourth-order valence-corrected chi connectivity index (χ4v) is 2.96. The van der Waals surface area contributed by atoms with E-state index in [0.29, 0.717) is 16.8 Å². The van der Waals surface area contributed by atoms with Crippen LogP contribution in [0, 0.1) is 10.6 Å². The number of aromatic nitrogens is 2. The minimum Gasteiger partial charge on any atom is -0.330 e. The van der Waals surface area contributed by atoms with Crippen molar-refractivity contribution < 1.29 is 4.39 Å². The maximum atomic E-state index is 13.4. The van der Waals surface area contributed by atoms with Gasteiger partial charge in [-0.1, -0.05) is 11.6 Å². The molecule has 0 fully saturated rings. The first-order valence-electron chi connectivity index (χ1n) is 5.24. The zero-order chi connectivity index (χ0) is 12.7. The Kier molecular flexibility index (Phi) is 2.97. The van der Waals surface area contributed by atoms with Gasteiger partial charge in [-0.25, -0.2) is 4.39 Å². The third-order valence-electron chi connectivity index (χ3n) is 2.74. The lowest BCUT2D eigenvalue weighted by molar-refractivity contribution is 0.629. The van der Waals surface area contributed by atoms with Gasteiger partial charge in [-0.05, 0) is 40.7 Å². The number of hydrogen-bond donors (Lipinski definition) is 1. The quantitative estimate of drug-likeness (QED) is 0.686. The molecule has 0 amide bonds. The fourth-order valence-electron chi connectivity index (χ4n) is 1.87. The number of rotatable bonds is 2. The van der Waals surface area contributed by atoms with Gasteiger partial charge in [0.15, 0.2) is 4.77 Å². The summed E-state index contributed by atoms with van der Waals surface area (Å²) < 4.78 is 15.9. The van der Waals surface area contributed by atoms with Crippen molar-refractivity contribution in [2.45, 2.75) is 6.54 Å². The summed E-state index contributed by atoms with van der Waals surface area (Å²) in [7, 11) is 0. The summed E-state index contributed by atoms with van der Waals surface area (Å²) in [6.07, 6.45) is 0. The molecule has 18 heavy (non-hydrogen) atoms. The Morgan fingerprint density at radius 2 is 2.28 bits per heavy atom. The lowest BCUT2D eigenvalue weighted by atomic mass is 10.3. The summed E-state index contributed by atoms with van der Waals surface area (Å²) in [5, 5.41) is 4.18. The molecule has 2 nitrogen and oxygen atoms in total. The van der Waals surface area contributed by atoms with E-state index < -0.39 is 5.82 Å².